The lowest BCUT2D eigenvalue weighted by Gasteiger charge is -2.07. The molecule has 1 rings (SSSR count). The highest BCUT2D eigenvalue weighted by atomic mass is 79.9. The van der Waals surface area contributed by atoms with Gasteiger partial charge in [0, 0.05) is 5.56 Å². The van der Waals surface area contributed by atoms with Crippen LogP contribution in [-0.2, 0) is 0 Å². The molecular formula is C10H9BrO3. The molecule has 0 saturated heterocycles. The van der Waals surface area contributed by atoms with Crippen LogP contribution in [0.1, 0.15) is 10.4 Å². The average molecular weight is 257 g/mol. The second kappa shape index (κ2) is 4.28. The zero-order chi connectivity index (χ0) is 10.7. The molecule has 0 heterocycles. The monoisotopic (exact) mass is 256 g/mol. The van der Waals surface area contributed by atoms with Crippen molar-refractivity contribution >= 4 is 21.7 Å². The Bertz CT molecular complexity index is 385. The topological polar surface area (TPSA) is 46.5 Å². The second-order valence-corrected chi connectivity index (χ2v) is 3.34. The third-order valence-corrected chi connectivity index (χ3v) is 2.55. The molecule has 0 radical (unpaired) electrons. The Labute approximate surface area is 90.1 Å². The van der Waals surface area contributed by atoms with E-state index in [4.69, 9.17) is 4.74 Å². The van der Waals surface area contributed by atoms with Gasteiger partial charge >= 0.3 is 0 Å². The minimum Gasteiger partial charge on any atom is -0.503 e. The molecule has 0 aromatic heterocycles. The molecule has 0 unspecified atom stereocenters. The molecule has 3 nitrogen and oxygen atoms in total. The Morgan fingerprint density at radius 1 is 1.64 bits per heavy atom. The van der Waals surface area contributed by atoms with Crippen LogP contribution in [0.15, 0.2) is 29.3 Å². The van der Waals surface area contributed by atoms with Crippen molar-refractivity contribution in [2.24, 2.45) is 0 Å². The number of carbonyl (C=O) groups is 1. The van der Waals surface area contributed by atoms with Crippen molar-refractivity contribution in [2.75, 3.05) is 7.11 Å². The van der Waals surface area contributed by atoms with Gasteiger partial charge in [0.05, 0.1) is 11.6 Å². The summed E-state index contributed by atoms with van der Waals surface area (Å²) in [5.74, 6) is -0.0208. The summed E-state index contributed by atoms with van der Waals surface area (Å²) in [4.78, 5) is 11.3. The molecule has 0 bridgehead atoms. The van der Waals surface area contributed by atoms with E-state index >= 15 is 0 Å². The lowest BCUT2D eigenvalue weighted by molar-refractivity contribution is 0.104. The molecule has 0 atom stereocenters. The molecule has 0 spiro atoms. The Kier molecular flexibility index (Phi) is 3.30. The van der Waals surface area contributed by atoms with Crippen molar-refractivity contribution in [1.29, 1.82) is 0 Å². The van der Waals surface area contributed by atoms with Crippen LogP contribution in [0.2, 0.25) is 0 Å². The molecular weight excluding hydrogens is 248 g/mol. The number of methoxy groups -OCH3 is 1. The molecule has 0 amide bonds. The zero-order valence-electron chi connectivity index (χ0n) is 7.58. The summed E-state index contributed by atoms with van der Waals surface area (Å²) >= 11 is 3.11. The van der Waals surface area contributed by atoms with E-state index in [9.17, 15) is 9.90 Å². The van der Waals surface area contributed by atoms with Crippen molar-refractivity contribution < 1.29 is 14.6 Å². The van der Waals surface area contributed by atoms with Gasteiger partial charge in [0.1, 0.15) is 0 Å². The van der Waals surface area contributed by atoms with Crippen molar-refractivity contribution in [1.82, 2.24) is 0 Å². The average Bonchev–Trinajstić information content (AvgIpc) is 2.21. The quantitative estimate of drug-likeness (QED) is 0.668. The Balaban J connectivity index is 3.30. The molecule has 14 heavy (non-hydrogen) atoms. The predicted molar refractivity (Wildman–Crippen MR) is 56.9 cm³/mol. The van der Waals surface area contributed by atoms with Gasteiger partial charge in [-0.25, -0.2) is 0 Å². The number of allylic oxidation sites excluding steroid dienone is 1. The number of phenolic OH excluding ortho intramolecular Hbond substituents is 1. The summed E-state index contributed by atoms with van der Waals surface area (Å²) in [6.45, 7) is 3.37. The highest BCUT2D eigenvalue weighted by Gasteiger charge is 2.13. The first-order chi connectivity index (χ1) is 6.61. The fraction of sp³-hybridized carbons (Fsp3) is 0.100. The van der Waals surface area contributed by atoms with Crippen molar-refractivity contribution in [3.05, 3.63) is 34.8 Å². The van der Waals surface area contributed by atoms with Crippen LogP contribution in [0.5, 0.6) is 11.5 Å². The van der Waals surface area contributed by atoms with Crippen molar-refractivity contribution in [3.63, 3.8) is 0 Å². The molecule has 1 aromatic carbocycles. The minimum atomic E-state index is -0.255. The first-order valence-corrected chi connectivity index (χ1v) is 4.63. The van der Waals surface area contributed by atoms with E-state index in [1.807, 2.05) is 0 Å². The van der Waals surface area contributed by atoms with Gasteiger partial charge in [0.2, 0.25) is 0 Å². The SMILES string of the molecule is C=CC(=O)c1ccc(OC)c(O)c1Br. The number of halogens is 1. The lowest BCUT2D eigenvalue weighted by atomic mass is 10.1. The molecule has 0 fully saturated rings. The van der Waals surface area contributed by atoms with E-state index in [2.05, 4.69) is 22.5 Å². The molecule has 1 N–H and O–H groups in total. The number of hydrogen-bond acceptors (Lipinski definition) is 3. The van der Waals surface area contributed by atoms with Crippen LogP contribution >= 0.6 is 15.9 Å². The van der Waals surface area contributed by atoms with Gasteiger partial charge in [-0.05, 0) is 34.1 Å². The first kappa shape index (κ1) is 10.8. The Hall–Kier alpha value is -1.29. The molecule has 1 aromatic rings. The zero-order valence-corrected chi connectivity index (χ0v) is 9.17. The van der Waals surface area contributed by atoms with Gasteiger partial charge in [-0.2, -0.15) is 0 Å². The molecule has 4 heteroatoms. The van der Waals surface area contributed by atoms with Gasteiger partial charge in [0.15, 0.2) is 17.3 Å². The summed E-state index contributed by atoms with van der Waals surface area (Å²) < 4.78 is 5.20. The fourth-order valence-electron chi connectivity index (χ4n) is 1.01. The van der Waals surface area contributed by atoms with Crippen LogP contribution in [0.4, 0.5) is 0 Å². The summed E-state index contributed by atoms with van der Waals surface area (Å²) in [6, 6.07) is 3.09. The maximum absolute atomic E-state index is 11.3. The molecule has 0 aliphatic carbocycles. The number of benzene rings is 1. The second-order valence-electron chi connectivity index (χ2n) is 2.55. The van der Waals surface area contributed by atoms with Crippen LogP contribution in [0.25, 0.3) is 0 Å². The smallest absolute Gasteiger partial charge is 0.186 e. The Morgan fingerprint density at radius 3 is 2.79 bits per heavy atom. The fourth-order valence-corrected chi connectivity index (χ4v) is 1.53. The summed E-state index contributed by atoms with van der Waals surface area (Å²) in [6.07, 6.45) is 1.19. The first-order valence-electron chi connectivity index (χ1n) is 3.84. The number of rotatable bonds is 3. The van der Waals surface area contributed by atoms with E-state index < -0.39 is 0 Å². The highest BCUT2D eigenvalue weighted by molar-refractivity contribution is 9.10. The molecule has 0 aliphatic rings. The van der Waals surface area contributed by atoms with E-state index in [1.54, 1.807) is 6.07 Å². The van der Waals surface area contributed by atoms with Gasteiger partial charge in [-0.15, -0.1) is 0 Å². The maximum Gasteiger partial charge on any atom is 0.186 e. The van der Waals surface area contributed by atoms with Gasteiger partial charge in [-0.3, -0.25) is 4.79 Å². The number of phenols is 1. The van der Waals surface area contributed by atoms with E-state index in [-0.39, 0.29) is 11.5 Å². The summed E-state index contributed by atoms with van der Waals surface area (Å²) in [5, 5.41) is 9.56. The van der Waals surface area contributed by atoms with Gasteiger partial charge in [0.25, 0.3) is 0 Å². The number of ketones is 1. The van der Waals surface area contributed by atoms with Crippen LogP contribution in [0.3, 0.4) is 0 Å². The minimum absolute atomic E-state index is 0.0831. The molecule has 74 valence electrons. The number of aromatic hydroxyl groups is 1. The number of hydrogen-bond donors (Lipinski definition) is 1. The maximum atomic E-state index is 11.3. The highest BCUT2D eigenvalue weighted by Crippen LogP contribution is 2.36. The summed E-state index contributed by atoms with van der Waals surface area (Å²) in [7, 11) is 1.44. The summed E-state index contributed by atoms with van der Waals surface area (Å²) in [5.41, 5.74) is 0.360. The molecule has 0 aliphatic heterocycles. The lowest BCUT2D eigenvalue weighted by Crippen LogP contribution is -1.96. The van der Waals surface area contributed by atoms with E-state index in [0.29, 0.717) is 15.8 Å². The van der Waals surface area contributed by atoms with Crippen LogP contribution < -0.4 is 4.74 Å². The predicted octanol–water partition coefficient (Wildman–Crippen LogP) is 2.53. The van der Waals surface area contributed by atoms with Gasteiger partial charge in [-0.1, -0.05) is 6.58 Å². The van der Waals surface area contributed by atoms with Crippen LogP contribution in [0, 0.1) is 0 Å². The van der Waals surface area contributed by atoms with Crippen molar-refractivity contribution in [2.45, 2.75) is 0 Å². The van der Waals surface area contributed by atoms with Crippen molar-refractivity contribution in [3.8, 4) is 11.5 Å². The van der Waals surface area contributed by atoms with E-state index in [1.165, 1.54) is 19.3 Å². The largest absolute Gasteiger partial charge is 0.503 e. The normalized spacial score (nSPS) is 9.57. The number of ether oxygens (including phenoxy) is 1. The third-order valence-electron chi connectivity index (χ3n) is 1.75. The standard InChI is InChI=1S/C10H9BrO3/c1-3-7(12)6-4-5-8(14-2)10(13)9(6)11/h3-5,13H,1H2,2H3. The third kappa shape index (κ3) is 1.80. The number of carbonyl (C=O) groups excluding carboxylic acids is 1. The van der Waals surface area contributed by atoms with Crippen LogP contribution in [-0.4, -0.2) is 18.0 Å². The Morgan fingerprint density at radius 2 is 2.29 bits per heavy atom. The van der Waals surface area contributed by atoms with E-state index in [0.717, 1.165) is 0 Å². The van der Waals surface area contributed by atoms with Gasteiger partial charge < -0.3 is 9.84 Å². The molecule has 0 saturated carbocycles.